The molecule has 0 aliphatic rings. The number of rotatable bonds is 3. The molecule has 0 fully saturated rings. The van der Waals surface area contributed by atoms with Crippen molar-refractivity contribution in [1.29, 1.82) is 0 Å². The van der Waals surface area contributed by atoms with Crippen LogP contribution in [0.1, 0.15) is 5.56 Å². The second-order valence-corrected chi connectivity index (χ2v) is 4.39. The van der Waals surface area contributed by atoms with Crippen molar-refractivity contribution < 1.29 is 18.7 Å². The minimum Gasteiger partial charge on any atom is -0.481 e. The van der Waals surface area contributed by atoms with E-state index in [1.54, 1.807) is 6.07 Å². The van der Waals surface area contributed by atoms with Crippen LogP contribution in [-0.2, 0) is 11.2 Å². The van der Waals surface area contributed by atoms with Gasteiger partial charge in [-0.3, -0.25) is 4.79 Å². The molecule has 0 saturated carbocycles. The van der Waals surface area contributed by atoms with Gasteiger partial charge in [-0.1, -0.05) is 29.8 Å². The average molecular weight is 283 g/mol. The van der Waals surface area contributed by atoms with E-state index in [0.29, 0.717) is 5.56 Å². The number of benzene rings is 2. The molecule has 1 N–H and O–H groups in total. The van der Waals surface area contributed by atoms with E-state index in [-0.39, 0.29) is 16.1 Å². The van der Waals surface area contributed by atoms with Crippen molar-refractivity contribution in [2.24, 2.45) is 0 Å². The molecule has 0 atom stereocenters. The molecular formula is C14H9ClF2O2. The van der Waals surface area contributed by atoms with Crippen molar-refractivity contribution in [3.05, 3.63) is 58.6 Å². The largest absolute Gasteiger partial charge is 0.481 e. The van der Waals surface area contributed by atoms with Crippen LogP contribution in [0, 0.1) is 11.6 Å². The Bertz CT molecular complexity index is 641. The van der Waals surface area contributed by atoms with E-state index in [0.717, 1.165) is 6.07 Å². The first kappa shape index (κ1) is 13.5. The number of carboxylic acids is 1. The minimum absolute atomic E-state index is 0.00405. The van der Waals surface area contributed by atoms with Crippen LogP contribution in [0.25, 0.3) is 11.1 Å². The molecule has 0 heterocycles. The molecule has 2 aromatic carbocycles. The summed E-state index contributed by atoms with van der Waals surface area (Å²) in [7, 11) is 0. The molecule has 0 unspecified atom stereocenters. The van der Waals surface area contributed by atoms with Gasteiger partial charge in [0, 0.05) is 5.56 Å². The predicted octanol–water partition coefficient (Wildman–Crippen LogP) is 3.91. The highest BCUT2D eigenvalue weighted by Crippen LogP contribution is 2.28. The second kappa shape index (κ2) is 5.36. The van der Waals surface area contributed by atoms with Crippen molar-refractivity contribution in [3.63, 3.8) is 0 Å². The quantitative estimate of drug-likeness (QED) is 0.926. The van der Waals surface area contributed by atoms with Crippen LogP contribution in [0.3, 0.4) is 0 Å². The van der Waals surface area contributed by atoms with Crippen LogP contribution < -0.4 is 0 Å². The van der Waals surface area contributed by atoms with E-state index in [1.807, 2.05) is 0 Å². The van der Waals surface area contributed by atoms with Gasteiger partial charge in [0.1, 0.15) is 11.6 Å². The third-order valence-electron chi connectivity index (χ3n) is 2.65. The van der Waals surface area contributed by atoms with Crippen LogP contribution in [0.5, 0.6) is 0 Å². The van der Waals surface area contributed by atoms with E-state index in [9.17, 15) is 13.6 Å². The number of carbonyl (C=O) groups is 1. The van der Waals surface area contributed by atoms with Gasteiger partial charge in [-0.15, -0.1) is 0 Å². The lowest BCUT2D eigenvalue weighted by Crippen LogP contribution is -2.02. The van der Waals surface area contributed by atoms with Crippen LogP contribution in [0.4, 0.5) is 8.78 Å². The molecule has 5 heteroatoms. The Labute approximate surface area is 113 Å². The van der Waals surface area contributed by atoms with Crippen LogP contribution in [0.2, 0.25) is 5.02 Å². The topological polar surface area (TPSA) is 37.3 Å². The molecule has 0 bridgehead atoms. The summed E-state index contributed by atoms with van der Waals surface area (Å²) in [4.78, 5) is 10.6. The third kappa shape index (κ3) is 2.90. The SMILES string of the molecule is O=C(O)Cc1cc(-c2cccc(Cl)c2F)ccc1F. The Balaban J connectivity index is 2.51. The molecule has 2 rings (SSSR count). The van der Waals surface area contributed by atoms with Gasteiger partial charge in [-0.05, 0) is 29.3 Å². The first-order valence-electron chi connectivity index (χ1n) is 5.43. The normalized spacial score (nSPS) is 10.5. The van der Waals surface area contributed by atoms with Crippen molar-refractivity contribution in [3.8, 4) is 11.1 Å². The van der Waals surface area contributed by atoms with Gasteiger partial charge in [-0.2, -0.15) is 0 Å². The Kier molecular flexibility index (Phi) is 3.81. The fourth-order valence-electron chi connectivity index (χ4n) is 1.77. The lowest BCUT2D eigenvalue weighted by molar-refractivity contribution is -0.136. The standard InChI is InChI=1S/C14H9ClF2O2/c15-11-3-1-2-10(14(11)17)8-4-5-12(16)9(6-8)7-13(18)19/h1-6H,7H2,(H,18,19). The van der Waals surface area contributed by atoms with Gasteiger partial charge in [0.25, 0.3) is 0 Å². The zero-order chi connectivity index (χ0) is 14.0. The molecule has 0 aromatic heterocycles. The van der Waals surface area contributed by atoms with E-state index in [2.05, 4.69) is 0 Å². The fraction of sp³-hybridized carbons (Fsp3) is 0.0714. The minimum atomic E-state index is -1.15. The molecule has 98 valence electrons. The van der Waals surface area contributed by atoms with Crippen molar-refractivity contribution >= 4 is 17.6 Å². The molecule has 0 aliphatic carbocycles. The molecular weight excluding hydrogens is 274 g/mol. The summed E-state index contributed by atoms with van der Waals surface area (Å²) in [6, 6.07) is 8.30. The van der Waals surface area contributed by atoms with Crippen molar-refractivity contribution in [2.75, 3.05) is 0 Å². The van der Waals surface area contributed by atoms with E-state index >= 15 is 0 Å². The summed E-state index contributed by atoms with van der Waals surface area (Å²) >= 11 is 5.68. The molecule has 19 heavy (non-hydrogen) atoms. The third-order valence-corrected chi connectivity index (χ3v) is 2.94. The van der Waals surface area contributed by atoms with Crippen molar-refractivity contribution in [1.82, 2.24) is 0 Å². The summed E-state index contributed by atoms with van der Waals surface area (Å²) in [5, 5.41) is 8.65. The Morgan fingerprint density at radius 1 is 1.21 bits per heavy atom. The van der Waals surface area contributed by atoms with Gasteiger partial charge in [0.05, 0.1) is 11.4 Å². The van der Waals surface area contributed by atoms with Crippen LogP contribution in [-0.4, -0.2) is 11.1 Å². The number of hydrogen-bond acceptors (Lipinski definition) is 1. The zero-order valence-corrected chi connectivity index (χ0v) is 10.4. The Morgan fingerprint density at radius 3 is 2.63 bits per heavy atom. The summed E-state index contributed by atoms with van der Waals surface area (Å²) < 4.78 is 27.3. The molecule has 0 spiro atoms. The maximum atomic E-state index is 13.8. The molecule has 0 amide bonds. The van der Waals surface area contributed by atoms with Crippen LogP contribution in [0.15, 0.2) is 36.4 Å². The summed E-state index contributed by atoms with van der Waals surface area (Å²) in [6.45, 7) is 0. The number of aliphatic carboxylic acids is 1. The summed E-state index contributed by atoms with van der Waals surface area (Å²) in [6.07, 6.45) is -0.456. The van der Waals surface area contributed by atoms with Crippen molar-refractivity contribution in [2.45, 2.75) is 6.42 Å². The lowest BCUT2D eigenvalue weighted by Gasteiger charge is -2.07. The van der Waals surface area contributed by atoms with Gasteiger partial charge in [0.15, 0.2) is 0 Å². The molecule has 0 radical (unpaired) electrons. The fourth-order valence-corrected chi connectivity index (χ4v) is 1.94. The maximum absolute atomic E-state index is 13.8. The average Bonchev–Trinajstić information content (AvgIpc) is 2.35. The highest BCUT2D eigenvalue weighted by molar-refractivity contribution is 6.31. The van der Waals surface area contributed by atoms with Gasteiger partial charge >= 0.3 is 5.97 Å². The predicted molar refractivity (Wildman–Crippen MR) is 68.1 cm³/mol. The summed E-state index contributed by atoms with van der Waals surface area (Å²) in [5.41, 5.74) is 0.598. The Morgan fingerprint density at radius 2 is 1.95 bits per heavy atom. The number of hydrogen-bond donors (Lipinski definition) is 1. The lowest BCUT2D eigenvalue weighted by atomic mass is 10.0. The van der Waals surface area contributed by atoms with E-state index in [1.165, 1.54) is 24.3 Å². The van der Waals surface area contributed by atoms with E-state index < -0.39 is 24.0 Å². The highest BCUT2D eigenvalue weighted by atomic mass is 35.5. The summed E-state index contributed by atoms with van der Waals surface area (Å²) in [5.74, 6) is -2.40. The smallest absolute Gasteiger partial charge is 0.307 e. The number of carboxylic acid groups (broad SMARTS) is 1. The second-order valence-electron chi connectivity index (χ2n) is 3.98. The maximum Gasteiger partial charge on any atom is 0.307 e. The molecule has 2 aromatic rings. The zero-order valence-electron chi connectivity index (χ0n) is 9.66. The monoisotopic (exact) mass is 282 g/mol. The van der Waals surface area contributed by atoms with Crippen LogP contribution >= 0.6 is 11.6 Å². The van der Waals surface area contributed by atoms with E-state index in [4.69, 9.17) is 16.7 Å². The number of halogens is 3. The van der Waals surface area contributed by atoms with Gasteiger partial charge in [-0.25, -0.2) is 8.78 Å². The highest BCUT2D eigenvalue weighted by Gasteiger charge is 2.12. The first-order valence-corrected chi connectivity index (χ1v) is 5.81. The Hall–Kier alpha value is -1.94. The first-order chi connectivity index (χ1) is 8.99. The molecule has 0 aliphatic heterocycles. The van der Waals surface area contributed by atoms with Gasteiger partial charge < -0.3 is 5.11 Å². The molecule has 2 nitrogen and oxygen atoms in total. The molecule has 0 saturated heterocycles. The van der Waals surface area contributed by atoms with Gasteiger partial charge in [0.2, 0.25) is 0 Å².